The molecular formula is C27H46O10S2. The quantitative estimate of drug-likeness (QED) is 0.203. The molecule has 10 nitrogen and oxygen atoms in total. The molecule has 0 radical (unpaired) electrons. The van der Waals surface area contributed by atoms with E-state index in [-0.39, 0.29) is 48.2 Å². The minimum Gasteiger partial charge on any atom is -0.396 e. The lowest BCUT2D eigenvalue weighted by Gasteiger charge is -2.59. The minimum absolute atomic E-state index is 0.0113. The number of rotatable bonds is 11. The maximum atomic E-state index is 11.4. The summed E-state index contributed by atoms with van der Waals surface area (Å²) >= 11 is 0. The van der Waals surface area contributed by atoms with Gasteiger partial charge in [0.25, 0.3) is 0 Å². The standard InChI is InChI=1S/C27H46O10S2/c1-17(15-28)5-4-6-18(16-36-38(30,31)32)21-9-10-22-20-8-7-19-13-25(37-39(33,34)35)24(29)14-27(19,3)23(20)11-12-26(21,22)2/h7,17-18,20-25,28-29H,4-6,8-16H2,1-3H3,(H,30,31,32)(H,33,34,35)/t17-,18+,20+,21-,22+,23+,24+,25+,26-,27+/m1/s1. The van der Waals surface area contributed by atoms with E-state index in [1.54, 1.807) is 0 Å². The Hall–Kier alpha value is -0.600. The van der Waals surface area contributed by atoms with Crippen molar-refractivity contribution < 1.29 is 44.5 Å². The largest absolute Gasteiger partial charge is 0.397 e. The molecule has 10 atom stereocenters. The average Bonchev–Trinajstić information content (AvgIpc) is 3.17. The van der Waals surface area contributed by atoms with Crippen LogP contribution in [0.4, 0.5) is 0 Å². The van der Waals surface area contributed by atoms with Crippen molar-refractivity contribution in [2.45, 2.75) is 97.2 Å². The Morgan fingerprint density at radius 2 is 1.77 bits per heavy atom. The normalized spacial score (nSPS) is 40.2. The van der Waals surface area contributed by atoms with Crippen molar-refractivity contribution in [3.63, 3.8) is 0 Å². The molecule has 0 aromatic rings. The first-order valence-corrected chi connectivity index (χ1v) is 17.1. The third-order valence-corrected chi connectivity index (χ3v) is 11.9. The van der Waals surface area contributed by atoms with Crippen LogP contribution >= 0.6 is 0 Å². The molecular weight excluding hydrogens is 548 g/mol. The summed E-state index contributed by atoms with van der Waals surface area (Å²) in [5, 5.41) is 20.2. The maximum absolute atomic E-state index is 11.4. The number of allylic oxidation sites excluding steroid dienone is 1. The SMILES string of the molecule is C[C@@H](CO)CCC[C@@H](COS(=O)(=O)O)[C@H]1CC[C@H]2[C@@H]3CC=C4C[C@H](OS(=O)(=O)O)[C@@H](O)C[C@]4(C)[C@H]3CC[C@]12C. The van der Waals surface area contributed by atoms with Crippen LogP contribution in [0.25, 0.3) is 0 Å². The second-order valence-electron chi connectivity index (χ2n) is 13.2. The molecule has 4 aliphatic rings. The maximum Gasteiger partial charge on any atom is 0.397 e. The second-order valence-corrected chi connectivity index (χ2v) is 15.4. The zero-order valence-electron chi connectivity index (χ0n) is 23.2. The molecule has 39 heavy (non-hydrogen) atoms. The first kappa shape index (κ1) is 31.3. The van der Waals surface area contributed by atoms with Gasteiger partial charge in [-0.05, 0) is 104 Å². The Labute approximate surface area is 233 Å². The van der Waals surface area contributed by atoms with E-state index < -0.39 is 33.0 Å². The number of hydrogen-bond acceptors (Lipinski definition) is 8. The van der Waals surface area contributed by atoms with Crippen molar-refractivity contribution in [1.82, 2.24) is 0 Å². The molecule has 0 heterocycles. The van der Waals surface area contributed by atoms with Crippen LogP contribution in [-0.4, -0.2) is 61.6 Å². The molecule has 0 aliphatic heterocycles. The van der Waals surface area contributed by atoms with Crippen LogP contribution in [0.5, 0.6) is 0 Å². The third-order valence-electron chi connectivity index (χ3n) is 11.0. The summed E-state index contributed by atoms with van der Waals surface area (Å²) in [5.41, 5.74) is 0.801. The predicted molar refractivity (Wildman–Crippen MR) is 144 cm³/mol. The van der Waals surface area contributed by atoms with Gasteiger partial charge in [-0.1, -0.05) is 38.8 Å². The minimum atomic E-state index is -4.66. The van der Waals surface area contributed by atoms with Gasteiger partial charge in [-0.25, -0.2) is 8.37 Å². The van der Waals surface area contributed by atoms with Crippen molar-refractivity contribution in [3.8, 4) is 0 Å². The molecule has 226 valence electrons. The lowest BCUT2D eigenvalue weighted by molar-refractivity contribution is -0.0865. The molecule has 0 saturated heterocycles. The van der Waals surface area contributed by atoms with Crippen LogP contribution in [0, 0.1) is 46.3 Å². The first-order valence-electron chi connectivity index (χ1n) is 14.3. The highest BCUT2D eigenvalue weighted by Gasteiger charge is 2.60. The van der Waals surface area contributed by atoms with Crippen molar-refractivity contribution in [1.29, 1.82) is 0 Å². The van der Waals surface area contributed by atoms with Crippen LogP contribution in [0.1, 0.15) is 85.0 Å². The highest BCUT2D eigenvalue weighted by Crippen LogP contribution is 2.67. The number of hydrogen-bond donors (Lipinski definition) is 4. The van der Waals surface area contributed by atoms with E-state index in [0.29, 0.717) is 24.2 Å². The van der Waals surface area contributed by atoms with Crippen LogP contribution < -0.4 is 0 Å². The van der Waals surface area contributed by atoms with E-state index in [1.165, 1.54) is 0 Å². The summed E-state index contributed by atoms with van der Waals surface area (Å²) in [6, 6.07) is 0. The summed E-state index contributed by atoms with van der Waals surface area (Å²) in [5.74, 6) is 1.54. The Kier molecular flexibility index (Phi) is 9.31. The summed E-state index contributed by atoms with van der Waals surface area (Å²) in [6.07, 6.45) is 8.06. The molecule has 0 aromatic heterocycles. The summed E-state index contributed by atoms with van der Waals surface area (Å²) in [7, 11) is -9.20. The predicted octanol–water partition coefficient (Wildman–Crippen LogP) is 3.96. The van der Waals surface area contributed by atoms with Crippen LogP contribution in [-0.2, 0) is 29.2 Å². The van der Waals surface area contributed by atoms with E-state index in [2.05, 4.69) is 19.9 Å². The first-order chi connectivity index (χ1) is 18.1. The van der Waals surface area contributed by atoms with E-state index in [9.17, 15) is 31.6 Å². The molecule has 0 unspecified atom stereocenters. The van der Waals surface area contributed by atoms with Crippen LogP contribution in [0.15, 0.2) is 11.6 Å². The average molecular weight is 595 g/mol. The highest BCUT2D eigenvalue weighted by molar-refractivity contribution is 7.81. The fourth-order valence-corrected chi connectivity index (χ4v) is 9.99. The Balaban J connectivity index is 1.53. The van der Waals surface area contributed by atoms with Gasteiger partial charge in [0.1, 0.15) is 6.10 Å². The third kappa shape index (κ3) is 6.74. The number of aliphatic hydroxyl groups is 2. The van der Waals surface area contributed by atoms with Gasteiger partial charge in [0, 0.05) is 6.61 Å². The fourth-order valence-electron chi connectivity index (χ4n) is 9.14. The summed E-state index contributed by atoms with van der Waals surface area (Å²) < 4.78 is 73.7. The van der Waals surface area contributed by atoms with E-state index in [4.69, 9.17) is 12.9 Å². The van der Waals surface area contributed by atoms with Crippen molar-refractivity contribution in [3.05, 3.63) is 11.6 Å². The van der Waals surface area contributed by atoms with E-state index >= 15 is 0 Å². The van der Waals surface area contributed by atoms with Crippen LogP contribution in [0.2, 0.25) is 0 Å². The molecule has 4 aliphatic carbocycles. The topological polar surface area (TPSA) is 168 Å². The zero-order chi connectivity index (χ0) is 28.8. The van der Waals surface area contributed by atoms with Gasteiger partial charge >= 0.3 is 20.8 Å². The van der Waals surface area contributed by atoms with E-state index in [1.807, 2.05) is 6.92 Å². The van der Waals surface area contributed by atoms with Crippen molar-refractivity contribution in [2.24, 2.45) is 46.3 Å². The Morgan fingerprint density at radius 3 is 2.41 bits per heavy atom. The molecule has 3 fully saturated rings. The smallest absolute Gasteiger partial charge is 0.396 e. The number of aliphatic hydroxyl groups excluding tert-OH is 2. The van der Waals surface area contributed by atoms with Gasteiger partial charge < -0.3 is 10.2 Å². The molecule has 3 saturated carbocycles. The molecule has 0 spiro atoms. The van der Waals surface area contributed by atoms with Gasteiger partial charge in [-0.3, -0.25) is 9.11 Å². The second kappa shape index (κ2) is 11.6. The molecule has 0 aromatic carbocycles. The molecule has 4 rings (SSSR count). The molecule has 0 amide bonds. The number of fused-ring (bicyclic) bond motifs is 5. The van der Waals surface area contributed by atoms with E-state index in [0.717, 1.165) is 56.9 Å². The van der Waals surface area contributed by atoms with Crippen LogP contribution in [0.3, 0.4) is 0 Å². The monoisotopic (exact) mass is 594 g/mol. The van der Waals surface area contributed by atoms with Gasteiger partial charge in [0.15, 0.2) is 0 Å². The summed E-state index contributed by atoms with van der Waals surface area (Å²) in [4.78, 5) is 0. The van der Waals surface area contributed by atoms with Gasteiger partial charge in [0.05, 0.1) is 12.7 Å². The molecule has 12 heteroatoms. The summed E-state index contributed by atoms with van der Waals surface area (Å²) in [6.45, 7) is 6.56. The molecule has 0 bridgehead atoms. The van der Waals surface area contributed by atoms with Gasteiger partial charge in [0.2, 0.25) is 0 Å². The van der Waals surface area contributed by atoms with Gasteiger partial charge in [-0.2, -0.15) is 16.8 Å². The Bertz CT molecular complexity index is 1120. The fraction of sp³-hybridized carbons (Fsp3) is 0.926. The lowest BCUT2D eigenvalue weighted by atomic mass is 9.46. The highest BCUT2D eigenvalue weighted by atomic mass is 32.3. The lowest BCUT2D eigenvalue weighted by Crippen LogP contribution is -2.54. The van der Waals surface area contributed by atoms with Crippen molar-refractivity contribution >= 4 is 20.8 Å². The molecule has 4 N–H and O–H groups in total. The zero-order valence-corrected chi connectivity index (χ0v) is 24.9. The van der Waals surface area contributed by atoms with Crippen molar-refractivity contribution in [2.75, 3.05) is 13.2 Å². The Morgan fingerprint density at radius 1 is 1.05 bits per heavy atom. The van der Waals surface area contributed by atoms with Gasteiger partial charge in [-0.15, -0.1) is 0 Å².